The minimum atomic E-state index is -0.355. The van der Waals surface area contributed by atoms with Crippen molar-refractivity contribution in [2.24, 2.45) is 0 Å². The summed E-state index contributed by atoms with van der Waals surface area (Å²) >= 11 is 0. The molecule has 4 heteroatoms. The van der Waals surface area contributed by atoms with E-state index in [9.17, 15) is 10.1 Å². The molecule has 25 heavy (non-hydrogen) atoms. The van der Waals surface area contributed by atoms with Crippen molar-refractivity contribution in [2.45, 2.75) is 39.7 Å². The van der Waals surface area contributed by atoms with Crippen molar-refractivity contribution >= 4 is 22.8 Å². The van der Waals surface area contributed by atoms with Gasteiger partial charge in [0.05, 0.1) is 6.61 Å². The lowest BCUT2D eigenvalue weighted by molar-refractivity contribution is -0.117. The third-order valence-corrected chi connectivity index (χ3v) is 4.04. The molecule has 130 valence electrons. The summed E-state index contributed by atoms with van der Waals surface area (Å²) < 4.78 is 5.84. The van der Waals surface area contributed by atoms with Gasteiger partial charge in [-0.25, -0.2) is 0 Å². The lowest BCUT2D eigenvalue weighted by atomic mass is 10.0. The number of fused-ring (bicyclic) bond motifs is 1. The monoisotopic (exact) mass is 336 g/mol. The average molecular weight is 336 g/mol. The molecule has 0 saturated heterocycles. The Morgan fingerprint density at radius 1 is 1.28 bits per heavy atom. The predicted octanol–water partition coefficient (Wildman–Crippen LogP) is 4.45. The van der Waals surface area contributed by atoms with Crippen molar-refractivity contribution in [1.29, 1.82) is 5.26 Å². The zero-order valence-electron chi connectivity index (χ0n) is 15.0. The molecule has 1 atom stereocenters. The summed E-state index contributed by atoms with van der Waals surface area (Å²) in [5, 5.41) is 14.3. The van der Waals surface area contributed by atoms with E-state index >= 15 is 0 Å². The first-order valence-electron chi connectivity index (χ1n) is 8.67. The molecule has 0 aliphatic heterocycles. The van der Waals surface area contributed by atoms with Gasteiger partial charge in [0.2, 0.25) is 0 Å². The molecule has 0 saturated carbocycles. The highest BCUT2D eigenvalue weighted by atomic mass is 16.5. The van der Waals surface area contributed by atoms with Crippen molar-refractivity contribution in [2.75, 3.05) is 6.61 Å². The summed E-state index contributed by atoms with van der Waals surface area (Å²) in [6.45, 7) is 6.53. The highest BCUT2D eigenvalue weighted by molar-refractivity contribution is 6.05. The molecular formula is C21H24N2O2. The van der Waals surface area contributed by atoms with Crippen LogP contribution >= 0.6 is 0 Å². The molecule has 0 aliphatic rings. The van der Waals surface area contributed by atoms with Gasteiger partial charge in [-0.05, 0) is 42.7 Å². The Labute approximate surface area is 149 Å². The van der Waals surface area contributed by atoms with Crippen LogP contribution in [0.3, 0.4) is 0 Å². The Morgan fingerprint density at radius 2 is 2.04 bits per heavy atom. The second-order valence-corrected chi connectivity index (χ2v) is 6.00. The molecule has 2 rings (SSSR count). The van der Waals surface area contributed by atoms with E-state index in [4.69, 9.17) is 4.74 Å². The SMILES string of the molecule is CCCOc1ccc2ccccc2c1/C=C(\C#N)C(=O)N[C@@H](C)CC. The first-order valence-corrected chi connectivity index (χ1v) is 8.67. The molecule has 1 amide bonds. The Morgan fingerprint density at radius 3 is 2.72 bits per heavy atom. The van der Waals surface area contributed by atoms with Crippen molar-refractivity contribution < 1.29 is 9.53 Å². The Bertz CT molecular complexity index is 818. The summed E-state index contributed by atoms with van der Waals surface area (Å²) in [5.41, 5.74) is 0.848. The number of nitrogens with one attached hydrogen (secondary N) is 1. The van der Waals surface area contributed by atoms with Crippen molar-refractivity contribution in [1.82, 2.24) is 5.32 Å². The van der Waals surface area contributed by atoms with Crippen LogP contribution in [0.1, 0.15) is 39.2 Å². The topological polar surface area (TPSA) is 62.1 Å². The van der Waals surface area contributed by atoms with Crippen molar-refractivity contribution in [3.63, 3.8) is 0 Å². The van der Waals surface area contributed by atoms with E-state index in [0.29, 0.717) is 12.4 Å². The van der Waals surface area contributed by atoms with E-state index < -0.39 is 0 Å². The highest BCUT2D eigenvalue weighted by Crippen LogP contribution is 2.30. The summed E-state index contributed by atoms with van der Waals surface area (Å²) in [7, 11) is 0. The van der Waals surface area contributed by atoms with Gasteiger partial charge in [0.1, 0.15) is 17.4 Å². The second-order valence-electron chi connectivity index (χ2n) is 6.00. The molecule has 0 aromatic heterocycles. The first kappa shape index (κ1) is 18.5. The lowest BCUT2D eigenvalue weighted by Gasteiger charge is -2.13. The smallest absolute Gasteiger partial charge is 0.262 e. The van der Waals surface area contributed by atoms with Crippen LogP contribution in [0.15, 0.2) is 42.0 Å². The molecule has 0 fully saturated rings. The number of hydrogen-bond donors (Lipinski definition) is 1. The minimum Gasteiger partial charge on any atom is -0.493 e. The maximum absolute atomic E-state index is 12.4. The van der Waals surface area contributed by atoms with Crippen LogP contribution in [-0.4, -0.2) is 18.6 Å². The molecule has 0 bridgehead atoms. The Kier molecular flexibility index (Phi) is 6.59. The largest absolute Gasteiger partial charge is 0.493 e. The van der Waals surface area contributed by atoms with Crippen molar-refractivity contribution in [3.05, 3.63) is 47.5 Å². The molecule has 0 heterocycles. The Hall–Kier alpha value is -2.80. The van der Waals surface area contributed by atoms with Crippen LogP contribution in [-0.2, 0) is 4.79 Å². The minimum absolute atomic E-state index is 0.0209. The van der Waals surface area contributed by atoms with E-state index in [2.05, 4.69) is 5.32 Å². The molecule has 2 aromatic rings. The number of nitrogens with zero attached hydrogens (tertiary/aromatic N) is 1. The number of carbonyl (C=O) groups excluding carboxylic acids is 1. The maximum Gasteiger partial charge on any atom is 0.262 e. The number of hydrogen-bond acceptors (Lipinski definition) is 3. The van der Waals surface area contributed by atoms with E-state index in [0.717, 1.165) is 29.2 Å². The highest BCUT2D eigenvalue weighted by Gasteiger charge is 2.14. The molecule has 4 nitrogen and oxygen atoms in total. The number of ether oxygens (including phenoxy) is 1. The van der Waals surface area contributed by atoms with Crippen LogP contribution in [0.4, 0.5) is 0 Å². The van der Waals surface area contributed by atoms with Gasteiger partial charge in [-0.3, -0.25) is 4.79 Å². The molecule has 1 N–H and O–H groups in total. The molecule has 0 spiro atoms. The third-order valence-electron chi connectivity index (χ3n) is 4.04. The van der Waals surface area contributed by atoms with E-state index in [1.54, 1.807) is 6.08 Å². The summed E-state index contributed by atoms with van der Waals surface area (Å²) in [6, 6.07) is 13.8. The zero-order chi connectivity index (χ0) is 18.2. The first-order chi connectivity index (χ1) is 12.1. The molecule has 2 aromatic carbocycles. The number of benzene rings is 2. The lowest BCUT2D eigenvalue weighted by Crippen LogP contribution is -2.32. The van der Waals surface area contributed by atoms with E-state index in [1.165, 1.54) is 0 Å². The van der Waals surface area contributed by atoms with Crippen LogP contribution in [0.5, 0.6) is 5.75 Å². The van der Waals surface area contributed by atoms with Crippen LogP contribution in [0, 0.1) is 11.3 Å². The van der Waals surface area contributed by atoms with Crippen molar-refractivity contribution in [3.8, 4) is 11.8 Å². The molecule has 0 aliphatic carbocycles. The third kappa shape index (κ3) is 4.60. The maximum atomic E-state index is 12.4. The van der Waals surface area contributed by atoms with Crippen LogP contribution in [0.25, 0.3) is 16.8 Å². The number of rotatable bonds is 7. The van der Waals surface area contributed by atoms with Gasteiger partial charge in [0.15, 0.2) is 0 Å². The van der Waals surface area contributed by atoms with Gasteiger partial charge in [0, 0.05) is 11.6 Å². The van der Waals surface area contributed by atoms with Gasteiger partial charge in [-0.15, -0.1) is 0 Å². The quantitative estimate of drug-likeness (QED) is 0.600. The summed E-state index contributed by atoms with van der Waals surface area (Å²) in [4.78, 5) is 12.4. The second kappa shape index (κ2) is 8.89. The van der Waals surface area contributed by atoms with Gasteiger partial charge >= 0.3 is 0 Å². The van der Waals surface area contributed by atoms with Crippen LogP contribution in [0.2, 0.25) is 0 Å². The number of amides is 1. The fourth-order valence-corrected chi connectivity index (χ4v) is 2.46. The molecule has 0 radical (unpaired) electrons. The normalized spacial score (nSPS) is 12.5. The molecular weight excluding hydrogens is 312 g/mol. The van der Waals surface area contributed by atoms with Crippen LogP contribution < -0.4 is 10.1 Å². The fraction of sp³-hybridized carbons (Fsp3) is 0.333. The standard InChI is InChI=1S/C21H24N2O2/c1-4-12-25-20-11-10-16-8-6-7-9-18(16)19(20)13-17(14-22)21(24)23-15(3)5-2/h6-11,13,15H,4-5,12H2,1-3H3,(H,23,24)/b17-13+/t15-/m0/s1. The summed E-state index contributed by atoms with van der Waals surface area (Å²) in [5.74, 6) is 0.330. The predicted molar refractivity (Wildman–Crippen MR) is 101 cm³/mol. The summed E-state index contributed by atoms with van der Waals surface area (Å²) in [6.07, 6.45) is 3.32. The number of nitriles is 1. The van der Waals surface area contributed by atoms with Gasteiger partial charge in [-0.1, -0.05) is 44.2 Å². The van der Waals surface area contributed by atoms with E-state index in [1.807, 2.05) is 63.2 Å². The van der Waals surface area contributed by atoms with Gasteiger partial charge < -0.3 is 10.1 Å². The van der Waals surface area contributed by atoms with Gasteiger partial charge in [-0.2, -0.15) is 5.26 Å². The van der Waals surface area contributed by atoms with Gasteiger partial charge in [0.25, 0.3) is 5.91 Å². The number of carbonyl (C=O) groups is 1. The average Bonchev–Trinajstić information content (AvgIpc) is 2.64. The van der Waals surface area contributed by atoms with E-state index in [-0.39, 0.29) is 17.5 Å². The zero-order valence-corrected chi connectivity index (χ0v) is 15.0. The Balaban J connectivity index is 2.52. The fourth-order valence-electron chi connectivity index (χ4n) is 2.46. The molecule has 0 unspecified atom stereocenters.